The maximum atomic E-state index is 10.8. The van der Waals surface area contributed by atoms with Gasteiger partial charge in [0.15, 0.2) is 0 Å². The van der Waals surface area contributed by atoms with Gasteiger partial charge in [-0.1, -0.05) is 0 Å². The number of hydrogen-bond donors (Lipinski definition) is 3. The van der Waals surface area contributed by atoms with Gasteiger partial charge in [0.1, 0.15) is 9.84 Å². The molecule has 0 amide bonds. The molecule has 0 saturated heterocycles. The molecule has 14 heavy (non-hydrogen) atoms. The van der Waals surface area contributed by atoms with Crippen molar-refractivity contribution in [1.82, 2.24) is 10.7 Å². The van der Waals surface area contributed by atoms with Gasteiger partial charge < -0.3 is 5.32 Å². The summed E-state index contributed by atoms with van der Waals surface area (Å²) in [6.45, 7) is 3.08. The molecule has 0 saturated carbocycles. The third-order valence-corrected chi connectivity index (χ3v) is 2.45. The van der Waals surface area contributed by atoms with E-state index >= 15 is 0 Å². The Morgan fingerprint density at radius 1 is 1.50 bits per heavy atom. The van der Waals surface area contributed by atoms with Gasteiger partial charge in [0.05, 0.1) is 5.75 Å². The number of hydrogen-bond acceptors (Lipinski definition) is 4. The maximum absolute atomic E-state index is 10.8. The van der Waals surface area contributed by atoms with Gasteiger partial charge in [-0.15, -0.1) is 0 Å². The molecular formula is C7H18N4O2S. The largest absolute Gasteiger partial charge is 0.356 e. The number of nitrogens with one attached hydrogen (secondary N) is 2. The third kappa shape index (κ3) is 7.81. The molecule has 84 valence electrons. The Labute approximate surface area is 84.9 Å². The topological polar surface area (TPSA) is 96.6 Å². The lowest BCUT2D eigenvalue weighted by atomic mass is 10.5. The number of rotatable bonds is 5. The Kier molecular flexibility index (Phi) is 6.22. The van der Waals surface area contributed by atoms with E-state index in [1.807, 2.05) is 6.92 Å². The summed E-state index contributed by atoms with van der Waals surface area (Å²) in [5.41, 5.74) is 2.39. The van der Waals surface area contributed by atoms with E-state index in [4.69, 9.17) is 5.84 Å². The minimum absolute atomic E-state index is 0.153. The molecule has 0 aliphatic heterocycles. The summed E-state index contributed by atoms with van der Waals surface area (Å²) in [6.07, 6.45) is 1.72. The SMILES string of the molecule is CCNC(=NCCCS(C)(=O)=O)NN. The standard InChI is InChI=1S/C7H18N4O2S/c1-3-9-7(11-8)10-5-4-6-14(2,12)13/h3-6,8H2,1-2H3,(H2,9,10,11). The van der Waals surface area contributed by atoms with E-state index in [2.05, 4.69) is 15.7 Å². The van der Waals surface area contributed by atoms with Crippen LogP contribution in [0.4, 0.5) is 0 Å². The molecular weight excluding hydrogens is 204 g/mol. The lowest BCUT2D eigenvalue weighted by Crippen LogP contribution is -2.41. The van der Waals surface area contributed by atoms with Crippen LogP contribution in [0, 0.1) is 0 Å². The molecule has 0 fully saturated rings. The molecule has 0 heterocycles. The van der Waals surface area contributed by atoms with E-state index in [0.29, 0.717) is 18.9 Å². The van der Waals surface area contributed by atoms with Crippen molar-refractivity contribution < 1.29 is 8.42 Å². The summed E-state index contributed by atoms with van der Waals surface area (Å²) in [6, 6.07) is 0. The van der Waals surface area contributed by atoms with Crippen LogP contribution in [0.1, 0.15) is 13.3 Å². The Morgan fingerprint density at radius 3 is 2.57 bits per heavy atom. The predicted octanol–water partition coefficient (Wildman–Crippen LogP) is -1.15. The molecule has 6 nitrogen and oxygen atoms in total. The highest BCUT2D eigenvalue weighted by atomic mass is 32.2. The quantitative estimate of drug-likeness (QED) is 0.179. The van der Waals surface area contributed by atoms with Gasteiger partial charge in [-0.05, 0) is 13.3 Å². The van der Waals surface area contributed by atoms with Gasteiger partial charge in [0.25, 0.3) is 0 Å². The van der Waals surface area contributed by atoms with E-state index in [-0.39, 0.29) is 5.75 Å². The fraction of sp³-hybridized carbons (Fsp3) is 0.857. The second kappa shape index (κ2) is 6.61. The number of sulfone groups is 1. The molecule has 0 aliphatic carbocycles. The number of guanidine groups is 1. The second-order valence-electron chi connectivity index (χ2n) is 2.89. The smallest absolute Gasteiger partial charge is 0.205 e. The van der Waals surface area contributed by atoms with Crippen molar-refractivity contribution in [2.24, 2.45) is 10.8 Å². The predicted molar refractivity (Wildman–Crippen MR) is 57.6 cm³/mol. The molecule has 0 aromatic heterocycles. The molecule has 4 N–H and O–H groups in total. The van der Waals surface area contributed by atoms with Crippen LogP contribution in [0.2, 0.25) is 0 Å². The van der Waals surface area contributed by atoms with Gasteiger partial charge in [0.2, 0.25) is 5.96 Å². The molecule has 7 heteroatoms. The molecule has 0 radical (unpaired) electrons. The molecule has 0 aromatic carbocycles. The summed E-state index contributed by atoms with van der Waals surface area (Å²) in [5.74, 6) is 5.81. The first-order valence-electron chi connectivity index (χ1n) is 4.42. The fourth-order valence-electron chi connectivity index (χ4n) is 0.838. The molecule has 0 aromatic rings. The first-order valence-corrected chi connectivity index (χ1v) is 6.48. The zero-order valence-electron chi connectivity index (χ0n) is 8.58. The summed E-state index contributed by atoms with van der Waals surface area (Å²) in [5, 5.41) is 2.89. The van der Waals surface area contributed by atoms with E-state index < -0.39 is 9.84 Å². The van der Waals surface area contributed by atoms with Crippen LogP contribution < -0.4 is 16.6 Å². The van der Waals surface area contributed by atoms with Crippen molar-refractivity contribution in [3.63, 3.8) is 0 Å². The van der Waals surface area contributed by atoms with Gasteiger partial charge in [-0.3, -0.25) is 10.4 Å². The number of nitrogens with two attached hydrogens (primary N) is 1. The highest BCUT2D eigenvalue weighted by Gasteiger charge is 2.00. The first-order chi connectivity index (χ1) is 6.49. The Hall–Kier alpha value is -0.820. The van der Waals surface area contributed by atoms with E-state index in [9.17, 15) is 8.42 Å². The van der Waals surface area contributed by atoms with Crippen molar-refractivity contribution in [3.05, 3.63) is 0 Å². The van der Waals surface area contributed by atoms with Crippen LogP contribution in [0.15, 0.2) is 4.99 Å². The number of aliphatic imine (C=N–C) groups is 1. The van der Waals surface area contributed by atoms with Crippen LogP contribution in [0.25, 0.3) is 0 Å². The minimum atomic E-state index is -2.88. The van der Waals surface area contributed by atoms with Gasteiger partial charge in [0, 0.05) is 19.3 Å². The fourth-order valence-corrected chi connectivity index (χ4v) is 1.49. The van der Waals surface area contributed by atoms with Gasteiger partial charge in [-0.2, -0.15) is 0 Å². The molecule has 0 spiro atoms. The van der Waals surface area contributed by atoms with Crippen molar-refractivity contribution in [2.45, 2.75) is 13.3 Å². The molecule has 0 bridgehead atoms. The van der Waals surface area contributed by atoms with Crippen LogP contribution in [0.5, 0.6) is 0 Å². The van der Waals surface area contributed by atoms with Crippen molar-refractivity contribution in [2.75, 3.05) is 25.1 Å². The summed E-state index contributed by atoms with van der Waals surface area (Å²) >= 11 is 0. The lowest BCUT2D eigenvalue weighted by molar-refractivity contribution is 0.599. The average Bonchev–Trinajstić information content (AvgIpc) is 2.08. The van der Waals surface area contributed by atoms with Crippen LogP contribution >= 0.6 is 0 Å². The number of hydrazine groups is 1. The number of nitrogens with zero attached hydrogens (tertiary/aromatic N) is 1. The second-order valence-corrected chi connectivity index (χ2v) is 5.15. The third-order valence-electron chi connectivity index (χ3n) is 1.42. The van der Waals surface area contributed by atoms with Crippen molar-refractivity contribution in [3.8, 4) is 0 Å². The van der Waals surface area contributed by atoms with Gasteiger partial charge >= 0.3 is 0 Å². The maximum Gasteiger partial charge on any atom is 0.205 e. The van der Waals surface area contributed by atoms with Crippen molar-refractivity contribution in [1.29, 1.82) is 0 Å². The summed E-state index contributed by atoms with van der Waals surface area (Å²) < 4.78 is 21.5. The zero-order valence-corrected chi connectivity index (χ0v) is 9.39. The normalized spacial score (nSPS) is 12.6. The van der Waals surface area contributed by atoms with E-state index in [1.165, 1.54) is 6.26 Å². The van der Waals surface area contributed by atoms with E-state index in [0.717, 1.165) is 6.54 Å². The minimum Gasteiger partial charge on any atom is -0.356 e. The van der Waals surface area contributed by atoms with Crippen LogP contribution in [0.3, 0.4) is 0 Å². The van der Waals surface area contributed by atoms with E-state index in [1.54, 1.807) is 0 Å². The highest BCUT2D eigenvalue weighted by Crippen LogP contribution is 1.89. The summed E-state index contributed by atoms with van der Waals surface area (Å²) in [7, 11) is -2.88. The van der Waals surface area contributed by atoms with Crippen LogP contribution in [-0.4, -0.2) is 39.5 Å². The first kappa shape index (κ1) is 13.2. The lowest BCUT2D eigenvalue weighted by Gasteiger charge is -2.05. The molecule has 0 aliphatic rings. The zero-order chi connectivity index (χ0) is 11.0. The molecule has 0 unspecified atom stereocenters. The summed E-state index contributed by atoms with van der Waals surface area (Å²) in [4.78, 5) is 4.04. The van der Waals surface area contributed by atoms with Crippen molar-refractivity contribution >= 4 is 15.8 Å². The van der Waals surface area contributed by atoms with Gasteiger partial charge in [-0.25, -0.2) is 14.3 Å². The Balaban J connectivity index is 3.79. The molecule has 0 rings (SSSR count). The van der Waals surface area contributed by atoms with Crippen LogP contribution in [-0.2, 0) is 9.84 Å². The monoisotopic (exact) mass is 222 g/mol. The molecule has 0 atom stereocenters. The average molecular weight is 222 g/mol. The Morgan fingerprint density at radius 2 is 2.14 bits per heavy atom. The Bertz CT molecular complexity index is 273. The highest BCUT2D eigenvalue weighted by molar-refractivity contribution is 7.90.